The summed E-state index contributed by atoms with van der Waals surface area (Å²) in [5.41, 5.74) is 1.21. The summed E-state index contributed by atoms with van der Waals surface area (Å²) >= 11 is 0. The van der Waals surface area contributed by atoms with Crippen molar-refractivity contribution in [2.24, 2.45) is 0 Å². The van der Waals surface area contributed by atoms with Crippen molar-refractivity contribution in [3.63, 3.8) is 0 Å². The van der Waals surface area contributed by atoms with Gasteiger partial charge in [0.25, 0.3) is 0 Å². The Bertz CT molecular complexity index is 626. The van der Waals surface area contributed by atoms with E-state index in [0.717, 1.165) is 5.69 Å². The van der Waals surface area contributed by atoms with Crippen LogP contribution < -0.4 is 5.32 Å². The highest BCUT2D eigenvalue weighted by molar-refractivity contribution is 5.88. The molecule has 0 aliphatic rings. The molecule has 0 aliphatic carbocycles. The smallest absolute Gasteiger partial charge is 0.325 e. The van der Waals surface area contributed by atoms with Crippen LogP contribution in [-0.2, 0) is 17.9 Å². The van der Waals surface area contributed by atoms with Crippen molar-refractivity contribution in [1.82, 2.24) is 19.7 Å². The van der Waals surface area contributed by atoms with E-state index in [-0.39, 0.29) is 12.6 Å². The normalized spacial score (nSPS) is 10.1. The largest absolute Gasteiger partial charge is 0.480 e. The van der Waals surface area contributed by atoms with E-state index in [1.165, 1.54) is 22.0 Å². The first-order chi connectivity index (χ1) is 10.0. The fourth-order valence-electron chi connectivity index (χ4n) is 1.68. The summed E-state index contributed by atoms with van der Waals surface area (Å²) in [5.74, 6) is -0.997. The molecule has 21 heavy (non-hydrogen) atoms. The molecule has 2 amide bonds. The van der Waals surface area contributed by atoms with Crippen LogP contribution in [0.5, 0.6) is 0 Å². The number of rotatable bonds is 5. The summed E-state index contributed by atoms with van der Waals surface area (Å²) < 4.78 is 1.23. The van der Waals surface area contributed by atoms with Crippen molar-refractivity contribution in [1.29, 1.82) is 0 Å². The first-order valence-corrected chi connectivity index (χ1v) is 6.21. The van der Waals surface area contributed by atoms with Crippen molar-refractivity contribution in [2.75, 3.05) is 12.4 Å². The fraction of sp³-hybridized carbons (Fsp3) is 0.231. The van der Waals surface area contributed by atoms with Gasteiger partial charge in [0.15, 0.2) is 0 Å². The molecule has 8 heteroatoms. The molecule has 0 atom stereocenters. The average Bonchev–Trinajstić information content (AvgIpc) is 2.86. The SMILES string of the molecule is CN(Cc1ccccn1)C(=O)Nc1cnn(CC(=O)O)c1. The standard InChI is InChI=1S/C13H15N5O3/c1-17(7-10-4-2-3-5-14-10)13(21)16-11-6-15-18(8-11)9-12(19)20/h2-6,8H,7,9H2,1H3,(H,16,21)(H,19,20). The lowest BCUT2D eigenvalue weighted by Gasteiger charge is -2.16. The second-order valence-corrected chi connectivity index (χ2v) is 4.43. The van der Waals surface area contributed by atoms with Gasteiger partial charge >= 0.3 is 12.0 Å². The van der Waals surface area contributed by atoms with Crippen LogP contribution in [-0.4, -0.2) is 43.8 Å². The molecule has 0 bridgehead atoms. The highest BCUT2D eigenvalue weighted by Gasteiger charge is 2.11. The van der Waals surface area contributed by atoms with Gasteiger partial charge in [-0.25, -0.2) is 4.79 Å². The average molecular weight is 289 g/mol. The molecule has 8 nitrogen and oxygen atoms in total. The van der Waals surface area contributed by atoms with Crippen LogP contribution in [0, 0.1) is 0 Å². The van der Waals surface area contributed by atoms with E-state index in [0.29, 0.717) is 12.2 Å². The van der Waals surface area contributed by atoms with Crippen LogP contribution in [0.1, 0.15) is 5.69 Å². The predicted octanol–water partition coefficient (Wildman–Crippen LogP) is 1.03. The van der Waals surface area contributed by atoms with E-state index in [2.05, 4.69) is 15.4 Å². The van der Waals surface area contributed by atoms with E-state index < -0.39 is 5.97 Å². The lowest BCUT2D eigenvalue weighted by molar-refractivity contribution is -0.137. The van der Waals surface area contributed by atoms with Gasteiger partial charge < -0.3 is 15.3 Å². The number of amides is 2. The van der Waals surface area contributed by atoms with Gasteiger partial charge in [-0.3, -0.25) is 14.5 Å². The number of nitrogens with zero attached hydrogens (tertiary/aromatic N) is 4. The summed E-state index contributed by atoms with van der Waals surface area (Å²) in [5, 5.41) is 15.1. The number of hydrogen-bond donors (Lipinski definition) is 2. The van der Waals surface area contributed by atoms with Crippen molar-refractivity contribution in [2.45, 2.75) is 13.1 Å². The second kappa shape index (κ2) is 6.51. The number of hydrogen-bond acceptors (Lipinski definition) is 4. The van der Waals surface area contributed by atoms with Gasteiger partial charge in [0.2, 0.25) is 0 Å². The third-order valence-electron chi connectivity index (χ3n) is 2.65. The van der Waals surface area contributed by atoms with E-state index >= 15 is 0 Å². The van der Waals surface area contributed by atoms with Gasteiger partial charge in [-0.15, -0.1) is 0 Å². The summed E-state index contributed by atoms with van der Waals surface area (Å²) in [6.45, 7) is 0.121. The summed E-state index contributed by atoms with van der Waals surface area (Å²) in [4.78, 5) is 28.1. The number of aliphatic carboxylic acids is 1. The van der Waals surface area contributed by atoms with Gasteiger partial charge in [-0.2, -0.15) is 5.10 Å². The minimum atomic E-state index is -0.997. The van der Waals surface area contributed by atoms with Crippen LogP contribution in [0.3, 0.4) is 0 Å². The fourth-order valence-corrected chi connectivity index (χ4v) is 1.68. The Morgan fingerprint density at radius 1 is 1.43 bits per heavy atom. The quantitative estimate of drug-likeness (QED) is 0.856. The molecule has 0 aromatic carbocycles. The highest BCUT2D eigenvalue weighted by atomic mass is 16.4. The summed E-state index contributed by atoms with van der Waals surface area (Å²) in [6, 6.07) is 5.16. The molecule has 0 saturated heterocycles. The van der Waals surface area contributed by atoms with E-state index in [4.69, 9.17) is 5.11 Å². The maximum Gasteiger partial charge on any atom is 0.325 e. The maximum absolute atomic E-state index is 12.0. The van der Waals surface area contributed by atoms with Crippen LogP contribution in [0.4, 0.5) is 10.5 Å². The molecule has 0 unspecified atom stereocenters. The molecule has 2 aromatic heterocycles. The van der Waals surface area contributed by atoms with Gasteiger partial charge in [0.1, 0.15) is 6.54 Å². The summed E-state index contributed by atoms with van der Waals surface area (Å²) in [7, 11) is 1.64. The first-order valence-electron chi connectivity index (χ1n) is 6.21. The van der Waals surface area contributed by atoms with Gasteiger partial charge in [0, 0.05) is 19.4 Å². The Balaban J connectivity index is 1.91. The van der Waals surface area contributed by atoms with E-state index in [1.54, 1.807) is 19.3 Å². The number of carboxylic acids is 1. The zero-order valence-electron chi connectivity index (χ0n) is 11.4. The van der Waals surface area contributed by atoms with Gasteiger partial charge in [0.05, 0.1) is 24.1 Å². The molecule has 0 saturated carbocycles. The number of carbonyl (C=O) groups excluding carboxylic acids is 1. The Labute approximate surface area is 121 Å². The highest BCUT2D eigenvalue weighted by Crippen LogP contribution is 2.07. The number of anilines is 1. The van der Waals surface area contributed by atoms with Crippen LogP contribution in [0.15, 0.2) is 36.8 Å². The molecule has 2 N–H and O–H groups in total. The van der Waals surface area contributed by atoms with Crippen molar-refractivity contribution < 1.29 is 14.7 Å². The summed E-state index contributed by atoms with van der Waals surface area (Å²) in [6.07, 6.45) is 4.52. The molecule has 0 spiro atoms. The molecule has 110 valence electrons. The number of carbonyl (C=O) groups is 2. The Morgan fingerprint density at radius 2 is 2.24 bits per heavy atom. The Kier molecular flexibility index (Phi) is 4.50. The molecule has 2 aromatic rings. The zero-order chi connectivity index (χ0) is 15.2. The minimum Gasteiger partial charge on any atom is -0.480 e. The lowest BCUT2D eigenvalue weighted by Crippen LogP contribution is -2.31. The van der Waals surface area contributed by atoms with Crippen LogP contribution in [0.25, 0.3) is 0 Å². The van der Waals surface area contributed by atoms with E-state index in [9.17, 15) is 9.59 Å². The molecule has 2 rings (SSSR count). The van der Waals surface area contributed by atoms with Crippen molar-refractivity contribution in [3.8, 4) is 0 Å². The van der Waals surface area contributed by atoms with Crippen LogP contribution >= 0.6 is 0 Å². The number of nitrogens with one attached hydrogen (secondary N) is 1. The third kappa shape index (κ3) is 4.30. The topological polar surface area (TPSA) is 100 Å². The zero-order valence-corrected chi connectivity index (χ0v) is 11.4. The van der Waals surface area contributed by atoms with Gasteiger partial charge in [-0.1, -0.05) is 6.07 Å². The number of urea groups is 1. The molecule has 0 radical (unpaired) electrons. The number of aromatic nitrogens is 3. The Morgan fingerprint density at radius 3 is 2.90 bits per heavy atom. The third-order valence-corrected chi connectivity index (χ3v) is 2.65. The lowest BCUT2D eigenvalue weighted by atomic mass is 10.3. The van der Waals surface area contributed by atoms with Crippen molar-refractivity contribution in [3.05, 3.63) is 42.5 Å². The minimum absolute atomic E-state index is 0.250. The molecular weight excluding hydrogens is 274 g/mol. The monoisotopic (exact) mass is 289 g/mol. The van der Waals surface area contributed by atoms with Crippen LogP contribution in [0.2, 0.25) is 0 Å². The second-order valence-electron chi connectivity index (χ2n) is 4.43. The molecule has 0 fully saturated rings. The first kappa shape index (κ1) is 14.5. The van der Waals surface area contributed by atoms with E-state index in [1.807, 2.05) is 12.1 Å². The molecule has 2 heterocycles. The molecular formula is C13H15N5O3. The van der Waals surface area contributed by atoms with Crippen molar-refractivity contribution >= 4 is 17.7 Å². The van der Waals surface area contributed by atoms with Gasteiger partial charge in [-0.05, 0) is 12.1 Å². The maximum atomic E-state index is 12.0. The molecule has 0 aliphatic heterocycles. The number of pyridine rings is 1. The predicted molar refractivity (Wildman–Crippen MR) is 74.6 cm³/mol. The Hall–Kier alpha value is -2.90. The number of carboxylic acid groups (broad SMARTS) is 1.